The van der Waals surface area contributed by atoms with Gasteiger partial charge in [0.05, 0.1) is 6.04 Å². The lowest BCUT2D eigenvalue weighted by Crippen LogP contribution is -2.35. The van der Waals surface area contributed by atoms with Gasteiger partial charge < -0.3 is 15.2 Å². The van der Waals surface area contributed by atoms with Crippen molar-refractivity contribution in [3.05, 3.63) is 29.3 Å². The molecule has 2 unspecified atom stereocenters. The Kier molecular flexibility index (Phi) is 5.85. The maximum atomic E-state index is 9.63. The summed E-state index contributed by atoms with van der Waals surface area (Å²) < 4.78 is 5.39. The Morgan fingerprint density at radius 1 is 1.47 bits per heavy atom. The summed E-state index contributed by atoms with van der Waals surface area (Å²) >= 11 is 5.74. The van der Waals surface area contributed by atoms with Gasteiger partial charge in [-0.2, -0.15) is 0 Å². The molecule has 1 aromatic carbocycles. The van der Waals surface area contributed by atoms with E-state index in [2.05, 4.69) is 11.2 Å². The van der Waals surface area contributed by atoms with Crippen LogP contribution in [0.5, 0.6) is 5.75 Å². The van der Waals surface area contributed by atoms with E-state index in [1.807, 2.05) is 6.92 Å². The molecule has 1 rings (SSSR count). The predicted octanol–water partition coefficient (Wildman–Crippen LogP) is 1.69. The van der Waals surface area contributed by atoms with E-state index in [9.17, 15) is 5.11 Å². The molecule has 0 fully saturated rings. The molecule has 0 bridgehead atoms. The Hall–Kier alpha value is -1.21. The maximum absolute atomic E-state index is 9.63. The average Bonchev–Trinajstić information content (AvgIpc) is 2.35. The lowest BCUT2D eigenvalue weighted by molar-refractivity contribution is 0.105. The summed E-state index contributed by atoms with van der Waals surface area (Å²) in [6.45, 7) is 2.47. The van der Waals surface area contributed by atoms with Crippen LogP contribution in [0.1, 0.15) is 6.92 Å². The summed E-state index contributed by atoms with van der Waals surface area (Å²) in [5, 5.41) is 13.3. The fourth-order valence-electron chi connectivity index (χ4n) is 1.15. The van der Waals surface area contributed by atoms with Crippen LogP contribution in [0.4, 0.5) is 0 Å². The molecule has 0 radical (unpaired) electrons. The zero-order chi connectivity index (χ0) is 12.7. The normalized spacial score (nSPS) is 13.8. The van der Waals surface area contributed by atoms with Crippen LogP contribution in [0.2, 0.25) is 5.02 Å². The first-order valence-electron chi connectivity index (χ1n) is 5.37. The van der Waals surface area contributed by atoms with Crippen LogP contribution in [-0.2, 0) is 0 Å². The minimum absolute atomic E-state index is 0.0554. The molecule has 2 N–H and O–H groups in total. The molecule has 92 valence electrons. The minimum Gasteiger partial charge on any atom is -0.491 e. The molecular formula is C13H16ClNO2. The summed E-state index contributed by atoms with van der Waals surface area (Å²) in [6, 6.07) is 6.93. The summed E-state index contributed by atoms with van der Waals surface area (Å²) in [5.41, 5.74) is 0. The first-order valence-corrected chi connectivity index (χ1v) is 5.75. The number of aliphatic hydroxyl groups excluding tert-OH is 1. The predicted molar refractivity (Wildman–Crippen MR) is 69.3 cm³/mol. The number of halogens is 1. The quantitative estimate of drug-likeness (QED) is 0.759. The molecule has 0 heterocycles. The second-order valence-corrected chi connectivity index (χ2v) is 4.15. The van der Waals surface area contributed by atoms with Gasteiger partial charge in [-0.1, -0.05) is 17.5 Å². The Morgan fingerprint density at radius 3 is 2.71 bits per heavy atom. The van der Waals surface area contributed by atoms with Crippen LogP contribution in [-0.4, -0.2) is 30.4 Å². The van der Waals surface area contributed by atoms with E-state index in [1.54, 1.807) is 24.3 Å². The van der Waals surface area contributed by atoms with Gasteiger partial charge in [0, 0.05) is 11.6 Å². The van der Waals surface area contributed by atoms with Gasteiger partial charge in [0.2, 0.25) is 0 Å². The van der Waals surface area contributed by atoms with Gasteiger partial charge in [0.1, 0.15) is 18.5 Å². The molecule has 1 aromatic rings. The van der Waals surface area contributed by atoms with Crippen molar-refractivity contribution in [1.82, 2.24) is 5.32 Å². The van der Waals surface area contributed by atoms with Crippen LogP contribution in [0.15, 0.2) is 24.3 Å². The highest BCUT2D eigenvalue weighted by atomic mass is 35.5. The number of ether oxygens (including phenoxy) is 1. The summed E-state index contributed by atoms with van der Waals surface area (Å²) in [4.78, 5) is 0. The Morgan fingerprint density at radius 2 is 2.12 bits per heavy atom. The van der Waals surface area contributed by atoms with Crippen molar-refractivity contribution in [3.8, 4) is 18.1 Å². The SMILES string of the molecule is C#CC(C)NCC(O)COc1ccc(Cl)cc1. The fourth-order valence-corrected chi connectivity index (χ4v) is 1.28. The van der Waals surface area contributed by atoms with Crippen molar-refractivity contribution in [2.45, 2.75) is 19.1 Å². The van der Waals surface area contributed by atoms with Crippen LogP contribution >= 0.6 is 11.6 Å². The van der Waals surface area contributed by atoms with Crippen molar-refractivity contribution >= 4 is 11.6 Å². The third-order valence-electron chi connectivity index (χ3n) is 2.17. The number of terminal acetylenes is 1. The molecule has 0 saturated carbocycles. The van der Waals surface area contributed by atoms with Crippen molar-refractivity contribution < 1.29 is 9.84 Å². The van der Waals surface area contributed by atoms with Gasteiger partial charge in [-0.25, -0.2) is 0 Å². The molecule has 17 heavy (non-hydrogen) atoms. The largest absolute Gasteiger partial charge is 0.491 e. The monoisotopic (exact) mass is 253 g/mol. The molecular weight excluding hydrogens is 238 g/mol. The van der Waals surface area contributed by atoms with E-state index >= 15 is 0 Å². The maximum Gasteiger partial charge on any atom is 0.119 e. The number of hydrogen-bond acceptors (Lipinski definition) is 3. The van der Waals surface area contributed by atoms with E-state index in [0.717, 1.165) is 0 Å². The van der Waals surface area contributed by atoms with Gasteiger partial charge >= 0.3 is 0 Å². The van der Waals surface area contributed by atoms with Crippen molar-refractivity contribution in [2.75, 3.05) is 13.2 Å². The van der Waals surface area contributed by atoms with Crippen LogP contribution in [0.25, 0.3) is 0 Å². The molecule has 0 aliphatic rings. The van der Waals surface area contributed by atoms with Crippen LogP contribution < -0.4 is 10.1 Å². The lowest BCUT2D eigenvalue weighted by Gasteiger charge is -2.14. The number of nitrogens with one attached hydrogen (secondary N) is 1. The fraction of sp³-hybridized carbons (Fsp3) is 0.385. The van der Waals surface area contributed by atoms with Gasteiger partial charge in [0.15, 0.2) is 0 Å². The first-order chi connectivity index (χ1) is 8.11. The Bertz CT molecular complexity index is 372. The second-order valence-electron chi connectivity index (χ2n) is 3.72. The topological polar surface area (TPSA) is 41.5 Å². The molecule has 3 nitrogen and oxygen atoms in total. The third kappa shape index (κ3) is 5.60. The van der Waals surface area contributed by atoms with E-state index < -0.39 is 6.10 Å². The molecule has 0 aliphatic heterocycles. The molecule has 0 spiro atoms. The summed E-state index contributed by atoms with van der Waals surface area (Å²) in [7, 11) is 0. The zero-order valence-corrected chi connectivity index (χ0v) is 10.4. The van der Waals surface area contributed by atoms with Crippen molar-refractivity contribution in [1.29, 1.82) is 0 Å². The van der Waals surface area contributed by atoms with E-state index in [-0.39, 0.29) is 12.6 Å². The zero-order valence-electron chi connectivity index (χ0n) is 9.69. The minimum atomic E-state index is -0.596. The molecule has 0 aromatic heterocycles. The highest BCUT2D eigenvalue weighted by Gasteiger charge is 2.06. The highest BCUT2D eigenvalue weighted by Crippen LogP contribution is 2.15. The van der Waals surface area contributed by atoms with Crippen LogP contribution in [0, 0.1) is 12.3 Å². The number of aliphatic hydroxyl groups is 1. The van der Waals surface area contributed by atoms with Gasteiger partial charge in [-0.3, -0.25) is 0 Å². The standard InChI is InChI=1S/C13H16ClNO2/c1-3-10(2)15-8-12(16)9-17-13-6-4-11(14)5-7-13/h1,4-7,10,12,15-16H,8-9H2,2H3. The third-order valence-corrected chi connectivity index (χ3v) is 2.42. The molecule has 2 atom stereocenters. The molecule has 0 amide bonds. The number of rotatable bonds is 6. The van der Waals surface area contributed by atoms with Crippen molar-refractivity contribution in [3.63, 3.8) is 0 Å². The van der Waals surface area contributed by atoms with Gasteiger partial charge in [0.25, 0.3) is 0 Å². The molecule has 0 saturated heterocycles. The van der Waals surface area contributed by atoms with E-state index in [1.165, 1.54) is 0 Å². The highest BCUT2D eigenvalue weighted by molar-refractivity contribution is 6.30. The average molecular weight is 254 g/mol. The van der Waals surface area contributed by atoms with Gasteiger partial charge in [-0.15, -0.1) is 6.42 Å². The summed E-state index contributed by atoms with van der Waals surface area (Å²) in [6.07, 6.45) is 4.60. The van der Waals surface area contributed by atoms with Crippen molar-refractivity contribution in [2.24, 2.45) is 0 Å². The molecule has 4 heteroatoms. The Balaban J connectivity index is 2.26. The van der Waals surface area contributed by atoms with Gasteiger partial charge in [-0.05, 0) is 31.2 Å². The lowest BCUT2D eigenvalue weighted by atomic mass is 10.3. The Labute approximate surface area is 107 Å². The second kappa shape index (κ2) is 7.18. The summed E-state index contributed by atoms with van der Waals surface area (Å²) in [5.74, 6) is 3.20. The van der Waals surface area contributed by atoms with Crippen LogP contribution in [0.3, 0.4) is 0 Å². The van der Waals surface area contributed by atoms with E-state index in [0.29, 0.717) is 17.3 Å². The smallest absolute Gasteiger partial charge is 0.119 e. The van der Waals surface area contributed by atoms with E-state index in [4.69, 9.17) is 22.8 Å². The first kappa shape index (κ1) is 13.9. The number of benzene rings is 1. The molecule has 0 aliphatic carbocycles. The number of hydrogen-bond donors (Lipinski definition) is 2.